The van der Waals surface area contributed by atoms with Gasteiger partial charge in [0.05, 0.1) is 16.7 Å². The summed E-state index contributed by atoms with van der Waals surface area (Å²) < 4.78 is 41.7. The average molecular weight is 460 g/mol. The van der Waals surface area contributed by atoms with Gasteiger partial charge in [0.15, 0.2) is 5.82 Å². The van der Waals surface area contributed by atoms with Crippen LogP contribution in [0.2, 0.25) is 0 Å². The number of amides is 1. The number of rotatable bonds is 6. The molecule has 33 heavy (non-hydrogen) atoms. The van der Waals surface area contributed by atoms with Gasteiger partial charge in [0, 0.05) is 6.04 Å². The molecule has 0 radical (unpaired) electrons. The minimum atomic E-state index is -4.50. The van der Waals surface area contributed by atoms with Crippen molar-refractivity contribution in [2.75, 3.05) is 0 Å². The Kier molecular flexibility index (Phi) is 5.55. The van der Waals surface area contributed by atoms with Gasteiger partial charge in [-0.05, 0) is 56.5 Å². The quantitative estimate of drug-likeness (QED) is 0.585. The molecule has 0 aliphatic heterocycles. The van der Waals surface area contributed by atoms with Gasteiger partial charge in [0.25, 0.3) is 0 Å². The topological polar surface area (TPSA) is 89.2 Å². The van der Waals surface area contributed by atoms with E-state index in [1.807, 2.05) is 0 Å². The van der Waals surface area contributed by atoms with Crippen molar-refractivity contribution in [3.63, 3.8) is 0 Å². The maximum Gasteiger partial charge on any atom is 0.416 e. The van der Waals surface area contributed by atoms with Crippen molar-refractivity contribution in [1.82, 2.24) is 19.7 Å². The van der Waals surface area contributed by atoms with Gasteiger partial charge in [-0.1, -0.05) is 24.3 Å². The number of carbonyl (C=O) groups excluding carboxylic acids is 1. The van der Waals surface area contributed by atoms with E-state index in [-0.39, 0.29) is 23.2 Å². The molecule has 1 aromatic heterocycles. The van der Waals surface area contributed by atoms with E-state index in [1.54, 1.807) is 32.0 Å². The van der Waals surface area contributed by atoms with Gasteiger partial charge in [-0.3, -0.25) is 9.36 Å². The van der Waals surface area contributed by atoms with Crippen LogP contribution in [0, 0.1) is 0 Å². The lowest BCUT2D eigenvalue weighted by Gasteiger charge is -2.27. The lowest BCUT2D eigenvalue weighted by molar-refractivity contribution is -0.137. The van der Waals surface area contributed by atoms with Crippen LogP contribution in [0.15, 0.2) is 53.3 Å². The molecule has 1 aliphatic carbocycles. The molecule has 0 saturated heterocycles. The fourth-order valence-corrected chi connectivity index (χ4v) is 3.71. The molecule has 3 aromatic rings. The van der Waals surface area contributed by atoms with Gasteiger partial charge in [-0.2, -0.15) is 13.2 Å². The number of benzene rings is 2. The molecule has 1 amide bonds. The van der Waals surface area contributed by atoms with Crippen LogP contribution >= 0.6 is 0 Å². The predicted octanol–water partition coefficient (Wildman–Crippen LogP) is 3.82. The average Bonchev–Trinajstić information content (AvgIpc) is 3.52. The second-order valence-corrected chi connectivity index (χ2v) is 8.63. The van der Waals surface area contributed by atoms with Crippen LogP contribution in [0.5, 0.6) is 5.75 Å². The second kappa shape index (κ2) is 8.09. The second-order valence-electron chi connectivity index (χ2n) is 8.63. The van der Waals surface area contributed by atoms with Gasteiger partial charge < -0.3 is 10.4 Å². The summed E-state index contributed by atoms with van der Waals surface area (Å²) in [5.74, 6) is -0.346. The Balaban J connectivity index is 1.59. The molecule has 1 saturated carbocycles. The number of nitrogens with one attached hydrogen (secondary N) is 1. The lowest BCUT2D eigenvalue weighted by Crippen LogP contribution is -2.44. The molecule has 0 spiro atoms. The van der Waals surface area contributed by atoms with Crippen LogP contribution in [-0.2, 0) is 23.1 Å². The minimum Gasteiger partial charge on any atom is -0.507 e. The van der Waals surface area contributed by atoms with Crippen LogP contribution < -0.4 is 11.0 Å². The van der Waals surface area contributed by atoms with Gasteiger partial charge >= 0.3 is 11.9 Å². The van der Waals surface area contributed by atoms with Crippen molar-refractivity contribution >= 4 is 5.91 Å². The molecule has 10 heteroatoms. The first-order valence-corrected chi connectivity index (χ1v) is 10.4. The number of carbonyl (C=O) groups is 1. The van der Waals surface area contributed by atoms with Crippen molar-refractivity contribution < 1.29 is 23.1 Å². The van der Waals surface area contributed by atoms with Crippen LogP contribution in [0.25, 0.3) is 11.4 Å². The highest BCUT2D eigenvalue weighted by Crippen LogP contribution is 2.38. The monoisotopic (exact) mass is 460 g/mol. The Morgan fingerprint density at radius 1 is 1.12 bits per heavy atom. The van der Waals surface area contributed by atoms with Crippen LogP contribution in [0.4, 0.5) is 13.2 Å². The fraction of sp³-hybridized carbons (Fsp3) is 0.348. The first-order chi connectivity index (χ1) is 15.5. The molecule has 2 aromatic carbocycles. The molecule has 1 aliphatic rings. The highest BCUT2D eigenvalue weighted by atomic mass is 19.4. The summed E-state index contributed by atoms with van der Waals surface area (Å²) in [6.07, 6.45) is -2.92. The van der Waals surface area contributed by atoms with E-state index >= 15 is 0 Å². The number of nitrogens with zero attached hydrogens (tertiary/aromatic N) is 3. The van der Waals surface area contributed by atoms with Gasteiger partial charge in [-0.15, -0.1) is 5.10 Å². The Morgan fingerprint density at radius 2 is 1.79 bits per heavy atom. The SMILES string of the molecule is CC(C)(NC(=O)Cn1nc(-c2ccccc2O)n(C2CC2)c1=O)c1cccc(C(F)(F)F)c1. The molecule has 0 bridgehead atoms. The summed E-state index contributed by atoms with van der Waals surface area (Å²) in [7, 11) is 0. The van der Waals surface area contributed by atoms with Crippen LogP contribution in [0.1, 0.15) is 43.9 Å². The molecule has 4 rings (SSSR count). The van der Waals surface area contributed by atoms with E-state index in [1.165, 1.54) is 22.8 Å². The van der Waals surface area contributed by atoms with E-state index in [9.17, 15) is 27.9 Å². The molecule has 1 heterocycles. The summed E-state index contributed by atoms with van der Waals surface area (Å²) in [6, 6.07) is 11.2. The number of aromatic nitrogens is 3. The maximum atomic E-state index is 13.1. The first kappa shape index (κ1) is 22.6. The number of aromatic hydroxyl groups is 1. The van der Waals surface area contributed by atoms with E-state index in [0.717, 1.165) is 29.7 Å². The van der Waals surface area contributed by atoms with Crippen molar-refractivity contribution in [1.29, 1.82) is 0 Å². The summed E-state index contributed by atoms with van der Waals surface area (Å²) in [5, 5.41) is 17.2. The van der Waals surface area contributed by atoms with Gasteiger partial charge in [0.2, 0.25) is 5.91 Å². The zero-order valence-electron chi connectivity index (χ0n) is 18.1. The van der Waals surface area contributed by atoms with Crippen molar-refractivity contribution in [2.24, 2.45) is 0 Å². The highest BCUT2D eigenvalue weighted by molar-refractivity contribution is 5.76. The third kappa shape index (κ3) is 4.64. The zero-order chi connectivity index (χ0) is 24.0. The van der Waals surface area contributed by atoms with Gasteiger partial charge in [-0.25, -0.2) is 9.48 Å². The smallest absolute Gasteiger partial charge is 0.416 e. The van der Waals surface area contributed by atoms with E-state index in [2.05, 4.69) is 10.4 Å². The maximum absolute atomic E-state index is 13.1. The summed E-state index contributed by atoms with van der Waals surface area (Å²) in [5.41, 5.74) is -1.76. The van der Waals surface area contributed by atoms with E-state index in [0.29, 0.717) is 5.56 Å². The number of para-hydroxylation sites is 1. The summed E-state index contributed by atoms with van der Waals surface area (Å²) in [6.45, 7) is 2.75. The molecule has 0 atom stereocenters. The Labute approximate surface area is 187 Å². The zero-order valence-corrected chi connectivity index (χ0v) is 18.1. The van der Waals surface area contributed by atoms with Crippen molar-refractivity contribution in [3.8, 4) is 17.1 Å². The number of phenolic OH excluding ortho intramolecular Hbond substituents is 1. The molecule has 7 nitrogen and oxygen atoms in total. The first-order valence-electron chi connectivity index (χ1n) is 10.4. The Morgan fingerprint density at radius 3 is 2.42 bits per heavy atom. The largest absolute Gasteiger partial charge is 0.507 e. The summed E-state index contributed by atoms with van der Waals surface area (Å²) in [4.78, 5) is 25.7. The third-order valence-electron chi connectivity index (χ3n) is 5.58. The number of alkyl halides is 3. The Hall–Kier alpha value is -3.56. The van der Waals surface area contributed by atoms with Gasteiger partial charge in [0.1, 0.15) is 12.3 Å². The molecule has 2 N–H and O–H groups in total. The molecular weight excluding hydrogens is 437 g/mol. The van der Waals surface area contributed by atoms with Crippen LogP contribution in [-0.4, -0.2) is 25.4 Å². The normalized spacial score (nSPS) is 14.3. The van der Waals surface area contributed by atoms with Crippen molar-refractivity contribution in [3.05, 3.63) is 70.1 Å². The predicted molar refractivity (Wildman–Crippen MR) is 114 cm³/mol. The minimum absolute atomic E-state index is 0.0355. The molecule has 0 unspecified atom stereocenters. The van der Waals surface area contributed by atoms with E-state index in [4.69, 9.17) is 0 Å². The fourth-order valence-electron chi connectivity index (χ4n) is 3.71. The molecule has 1 fully saturated rings. The molecular formula is C23H23F3N4O3. The number of hydrogen-bond donors (Lipinski definition) is 2. The van der Waals surface area contributed by atoms with Crippen molar-refractivity contribution in [2.45, 2.75) is 51.0 Å². The number of halogens is 3. The molecule has 174 valence electrons. The van der Waals surface area contributed by atoms with E-state index < -0.39 is 35.4 Å². The standard InChI is InChI=1S/C23H23F3N4O3/c1-22(2,14-6-5-7-15(12-14)23(24,25)26)27-19(32)13-29-21(33)30(16-10-11-16)20(28-29)17-8-3-4-9-18(17)31/h3-9,12,16,31H,10-11,13H2,1-2H3,(H,27,32). The number of phenols is 1. The Bertz CT molecular complexity index is 1260. The third-order valence-corrected chi connectivity index (χ3v) is 5.58. The number of hydrogen-bond acceptors (Lipinski definition) is 4. The summed E-state index contributed by atoms with van der Waals surface area (Å²) >= 11 is 0. The van der Waals surface area contributed by atoms with Crippen LogP contribution in [0.3, 0.4) is 0 Å². The highest BCUT2D eigenvalue weighted by Gasteiger charge is 2.34. The lowest BCUT2D eigenvalue weighted by atomic mass is 9.92.